The van der Waals surface area contributed by atoms with E-state index in [2.05, 4.69) is 13.8 Å². The molecule has 0 saturated carbocycles. The molecule has 0 radical (unpaired) electrons. The third-order valence-electron chi connectivity index (χ3n) is 10.2. The zero-order valence-corrected chi connectivity index (χ0v) is 29.2. The van der Waals surface area contributed by atoms with E-state index in [1.54, 1.807) is 23.5 Å². The fourth-order valence-corrected chi connectivity index (χ4v) is 11.9. The third-order valence-corrected chi connectivity index (χ3v) is 13.8. The summed E-state index contributed by atoms with van der Waals surface area (Å²) in [4.78, 5) is 57.1. The Hall–Kier alpha value is -5.36. The number of hydrogen-bond acceptors (Lipinski definition) is 7. The molecule has 52 heavy (non-hydrogen) atoms. The second-order valence-corrected chi connectivity index (χ2v) is 16.8. The first-order valence-electron chi connectivity index (χ1n) is 16.0. The summed E-state index contributed by atoms with van der Waals surface area (Å²) in [6.45, 7) is 4.21. The molecule has 3 aliphatic carbocycles. The molecule has 11 heteroatoms. The molecule has 0 aliphatic heterocycles. The molecule has 4 aromatic carbocycles. The first-order valence-corrected chi connectivity index (χ1v) is 18.4. The molecule has 0 N–H and O–H groups in total. The van der Waals surface area contributed by atoms with E-state index in [4.69, 9.17) is 0 Å². The minimum atomic E-state index is -1.03. The Balaban J connectivity index is 0.991. The van der Waals surface area contributed by atoms with E-state index < -0.39 is 51.8 Å². The van der Waals surface area contributed by atoms with Crippen molar-refractivity contribution < 1.29 is 36.7 Å². The van der Waals surface area contributed by atoms with Gasteiger partial charge < -0.3 is 0 Å². The SMILES string of the molecule is CC1(C)c2cc(C=C3C(=O)c4cc5cc(F)c(F)cc5cc4C3=O)sc2-c2sc3cc(C=C4C(=O)c5cc6cc(F)c(F)cc6cc5C4=O)sc3c21. The van der Waals surface area contributed by atoms with Crippen LogP contribution in [-0.4, -0.2) is 23.1 Å². The van der Waals surface area contributed by atoms with Crippen molar-refractivity contribution in [2.45, 2.75) is 19.3 Å². The molecule has 0 amide bonds. The number of ketones is 4. The number of allylic oxidation sites excluding steroid dienone is 2. The van der Waals surface area contributed by atoms with Gasteiger partial charge in [-0.3, -0.25) is 19.2 Å². The van der Waals surface area contributed by atoms with Gasteiger partial charge in [-0.1, -0.05) is 13.8 Å². The van der Waals surface area contributed by atoms with Crippen LogP contribution >= 0.6 is 34.0 Å². The van der Waals surface area contributed by atoms with Crippen LogP contribution in [0, 0.1) is 23.3 Å². The zero-order chi connectivity index (χ0) is 36.1. The molecule has 4 nitrogen and oxygen atoms in total. The molecule has 0 spiro atoms. The molecule has 0 atom stereocenters. The number of thiophene rings is 3. The van der Waals surface area contributed by atoms with Gasteiger partial charge in [0.05, 0.1) is 20.7 Å². The van der Waals surface area contributed by atoms with Gasteiger partial charge in [0.2, 0.25) is 0 Å². The second-order valence-electron chi connectivity index (χ2n) is 13.6. The highest BCUT2D eigenvalue weighted by molar-refractivity contribution is 7.32. The average Bonchev–Trinajstić information content (AvgIpc) is 3.90. The molecule has 10 rings (SSSR count). The predicted octanol–water partition coefficient (Wildman–Crippen LogP) is 11.1. The van der Waals surface area contributed by atoms with Crippen LogP contribution in [0.25, 0.3) is 52.9 Å². The number of halogens is 4. The normalized spacial score (nSPS) is 15.7. The van der Waals surface area contributed by atoms with Gasteiger partial charge >= 0.3 is 0 Å². The van der Waals surface area contributed by atoms with Gasteiger partial charge in [0.25, 0.3) is 0 Å². The van der Waals surface area contributed by atoms with Crippen molar-refractivity contribution in [3.63, 3.8) is 0 Å². The average molecular weight is 747 g/mol. The summed E-state index contributed by atoms with van der Waals surface area (Å²) in [6, 6.07) is 13.7. The van der Waals surface area contributed by atoms with Gasteiger partial charge in [0, 0.05) is 47.0 Å². The zero-order valence-electron chi connectivity index (χ0n) is 26.8. The third kappa shape index (κ3) is 4.18. The summed E-state index contributed by atoms with van der Waals surface area (Å²) < 4.78 is 57.6. The Labute approximate surface area is 302 Å². The van der Waals surface area contributed by atoms with E-state index in [9.17, 15) is 36.7 Å². The molecule has 3 aliphatic rings. The van der Waals surface area contributed by atoms with Crippen LogP contribution in [0.1, 0.15) is 76.2 Å². The summed E-state index contributed by atoms with van der Waals surface area (Å²) in [5.74, 6) is -5.98. The molecule has 0 unspecified atom stereocenters. The number of Topliss-reactive ketones (excluding diaryl/α,β-unsaturated/α-hetero) is 4. The van der Waals surface area contributed by atoms with Gasteiger partial charge in [-0.15, -0.1) is 34.0 Å². The van der Waals surface area contributed by atoms with Crippen molar-refractivity contribution in [3.8, 4) is 9.75 Å². The largest absolute Gasteiger partial charge is 0.288 e. The van der Waals surface area contributed by atoms with Crippen LogP contribution < -0.4 is 0 Å². The lowest BCUT2D eigenvalue weighted by Gasteiger charge is -2.19. The quantitative estimate of drug-likeness (QED) is 0.100. The Kier molecular flexibility index (Phi) is 6.26. The van der Waals surface area contributed by atoms with E-state index in [1.807, 2.05) is 12.1 Å². The number of carbonyl (C=O) groups is 4. The summed E-state index contributed by atoms with van der Waals surface area (Å²) in [7, 11) is 0. The maximum Gasteiger partial charge on any atom is 0.197 e. The lowest BCUT2D eigenvalue weighted by molar-refractivity contribution is 0.0975. The van der Waals surface area contributed by atoms with Crippen molar-refractivity contribution in [3.05, 3.63) is 138 Å². The summed E-state index contributed by atoms with van der Waals surface area (Å²) >= 11 is 4.54. The topological polar surface area (TPSA) is 68.3 Å². The molecule has 0 bridgehead atoms. The monoisotopic (exact) mass is 746 g/mol. The minimum Gasteiger partial charge on any atom is -0.288 e. The molecule has 252 valence electrons. The minimum absolute atomic E-state index is 0.000343. The molecule has 3 aromatic heterocycles. The number of hydrogen-bond donors (Lipinski definition) is 0. The van der Waals surface area contributed by atoms with Gasteiger partial charge in [-0.05, 0) is 105 Å². The van der Waals surface area contributed by atoms with Crippen LogP contribution in [0.5, 0.6) is 0 Å². The molecule has 0 saturated heterocycles. The van der Waals surface area contributed by atoms with Gasteiger partial charge in [-0.25, -0.2) is 17.6 Å². The fraction of sp³-hybridized carbons (Fsp3) is 0.0732. The summed E-state index contributed by atoms with van der Waals surface area (Å²) in [6.07, 6.45) is 3.19. The van der Waals surface area contributed by atoms with Crippen molar-refractivity contribution in [1.82, 2.24) is 0 Å². The highest BCUT2D eigenvalue weighted by Crippen LogP contribution is 2.59. The predicted molar refractivity (Wildman–Crippen MR) is 196 cm³/mol. The lowest BCUT2D eigenvalue weighted by Crippen LogP contribution is -2.13. The smallest absolute Gasteiger partial charge is 0.197 e. The first-order chi connectivity index (χ1) is 24.8. The van der Waals surface area contributed by atoms with Gasteiger partial charge in [-0.2, -0.15) is 0 Å². The lowest BCUT2D eigenvalue weighted by atomic mass is 9.84. The Morgan fingerprint density at radius 1 is 0.500 bits per heavy atom. The van der Waals surface area contributed by atoms with E-state index >= 15 is 0 Å². The highest BCUT2D eigenvalue weighted by Gasteiger charge is 2.42. The summed E-state index contributed by atoms with van der Waals surface area (Å²) in [5, 5.41) is 1.32. The molecule has 7 aromatic rings. The van der Waals surface area contributed by atoms with Crippen LogP contribution in [-0.2, 0) is 5.41 Å². The Bertz CT molecular complexity index is 2880. The second kappa shape index (κ2) is 10.4. The standard InChI is InChI=1S/C41H18F4O4S3/c1-41(2)27-13-19(11-25-34(46)21-3-15-7-28(42)29(43)8-16(15)4-22(21)35(25)47)50-38(27)40-33(41)39-32(52-40)14-20(51-39)12-26-36(48)23-5-17-9-30(44)31(45)10-18(17)6-24(23)37(26)49/h3-14H,1-2H3. The van der Waals surface area contributed by atoms with Crippen molar-refractivity contribution in [2.24, 2.45) is 0 Å². The van der Waals surface area contributed by atoms with Crippen LogP contribution in [0.3, 0.4) is 0 Å². The first kappa shape index (κ1) is 31.4. The Morgan fingerprint density at radius 3 is 1.33 bits per heavy atom. The maximum absolute atomic E-state index is 13.9. The van der Waals surface area contributed by atoms with Crippen LogP contribution in [0.2, 0.25) is 0 Å². The summed E-state index contributed by atoms with van der Waals surface area (Å²) in [5.41, 5.74) is 2.37. The van der Waals surface area contributed by atoms with E-state index in [-0.39, 0.29) is 33.4 Å². The van der Waals surface area contributed by atoms with Gasteiger partial charge in [0.15, 0.2) is 46.4 Å². The van der Waals surface area contributed by atoms with Crippen molar-refractivity contribution in [1.29, 1.82) is 0 Å². The number of carbonyl (C=O) groups excluding carboxylic acids is 4. The highest BCUT2D eigenvalue weighted by atomic mass is 32.1. The molecule has 0 fully saturated rings. The van der Waals surface area contributed by atoms with E-state index in [0.29, 0.717) is 21.5 Å². The van der Waals surface area contributed by atoms with Crippen molar-refractivity contribution >= 4 is 100 Å². The number of fused-ring (bicyclic) bond motifs is 9. The van der Waals surface area contributed by atoms with Crippen LogP contribution in [0.15, 0.2) is 71.8 Å². The molecular formula is C41H18F4O4S3. The van der Waals surface area contributed by atoms with Crippen molar-refractivity contribution in [2.75, 3.05) is 0 Å². The van der Waals surface area contributed by atoms with Gasteiger partial charge in [0.1, 0.15) is 0 Å². The maximum atomic E-state index is 13.9. The fourth-order valence-electron chi connectivity index (χ4n) is 7.63. The number of benzene rings is 4. The molecule has 3 heterocycles. The van der Waals surface area contributed by atoms with E-state index in [1.165, 1.54) is 46.9 Å². The van der Waals surface area contributed by atoms with Crippen LogP contribution in [0.4, 0.5) is 17.6 Å². The van der Waals surface area contributed by atoms with E-state index in [0.717, 1.165) is 64.3 Å². The Morgan fingerprint density at radius 2 is 0.904 bits per heavy atom. The number of rotatable bonds is 2. The molecular weight excluding hydrogens is 729 g/mol.